The van der Waals surface area contributed by atoms with Crippen LogP contribution in [-0.4, -0.2) is 46.5 Å². The van der Waals surface area contributed by atoms with Gasteiger partial charge in [0, 0.05) is 19.2 Å². The number of aliphatic hydroxyl groups is 1. The second-order valence-electron chi connectivity index (χ2n) is 5.18. The molecule has 1 aliphatic rings. The minimum atomic E-state index is -0.373. The van der Waals surface area contributed by atoms with Gasteiger partial charge in [0.1, 0.15) is 11.6 Å². The molecule has 1 aromatic heterocycles. The van der Waals surface area contributed by atoms with E-state index in [0.717, 1.165) is 0 Å². The Labute approximate surface area is 111 Å². The van der Waals surface area contributed by atoms with Gasteiger partial charge in [-0.15, -0.1) is 0 Å². The monoisotopic (exact) mass is 268 g/mol. The van der Waals surface area contributed by atoms with Crippen LogP contribution in [0.1, 0.15) is 13.8 Å². The number of nitrogens with zero attached hydrogens (tertiary/aromatic N) is 3. The Bertz CT molecular complexity index is 453. The molecule has 2 rings (SSSR count). The van der Waals surface area contributed by atoms with Crippen LogP contribution >= 0.6 is 0 Å². The van der Waals surface area contributed by atoms with E-state index in [1.807, 2.05) is 18.7 Å². The average molecular weight is 268 g/mol. The number of anilines is 3. The third-order valence-electron chi connectivity index (χ3n) is 2.89. The molecule has 1 saturated heterocycles. The molecule has 0 spiro atoms. The lowest BCUT2D eigenvalue weighted by atomic mass is 10.1. The van der Waals surface area contributed by atoms with Crippen molar-refractivity contribution in [1.82, 2.24) is 9.97 Å². The number of hydrogen-bond donors (Lipinski definition) is 4. The quantitative estimate of drug-likeness (QED) is 0.420. The molecule has 8 heteroatoms. The molecule has 0 amide bonds. The van der Waals surface area contributed by atoms with E-state index in [1.54, 1.807) is 6.07 Å². The molecule has 1 aromatic rings. The summed E-state index contributed by atoms with van der Waals surface area (Å²) < 4.78 is 5.75. The highest BCUT2D eigenvalue weighted by Crippen LogP contribution is 2.26. The third-order valence-corrected chi connectivity index (χ3v) is 2.89. The predicted octanol–water partition coefficient (Wildman–Crippen LogP) is -0.679. The van der Waals surface area contributed by atoms with Crippen molar-refractivity contribution in [1.29, 1.82) is 0 Å². The Kier molecular flexibility index (Phi) is 3.74. The topological polar surface area (TPSA) is 123 Å². The molecule has 106 valence electrons. The Hall–Kier alpha value is -1.64. The number of hydrogen-bond acceptors (Lipinski definition) is 8. The molecule has 0 bridgehead atoms. The fourth-order valence-corrected chi connectivity index (χ4v) is 2.25. The van der Waals surface area contributed by atoms with Crippen LogP contribution in [0.2, 0.25) is 0 Å². The van der Waals surface area contributed by atoms with Gasteiger partial charge in [-0.2, -0.15) is 9.97 Å². The van der Waals surface area contributed by atoms with Crippen LogP contribution in [0.5, 0.6) is 0 Å². The van der Waals surface area contributed by atoms with Crippen molar-refractivity contribution in [3.63, 3.8) is 0 Å². The van der Waals surface area contributed by atoms with Gasteiger partial charge in [-0.1, -0.05) is 0 Å². The minimum Gasteiger partial charge on any atom is -0.394 e. The highest BCUT2D eigenvalue weighted by atomic mass is 16.5. The summed E-state index contributed by atoms with van der Waals surface area (Å²) in [5, 5.41) is 9.30. The lowest BCUT2D eigenvalue weighted by molar-refractivity contribution is -0.101. The maximum absolute atomic E-state index is 9.30. The number of aromatic nitrogens is 2. The summed E-state index contributed by atoms with van der Waals surface area (Å²) in [7, 11) is 0. The van der Waals surface area contributed by atoms with Crippen molar-refractivity contribution in [3.8, 4) is 0 Å². The molecule has 19 heavy (non-hydrogen) atoms. The molecule has 0 saturated carbocycles. The van der Waals surface area contributed by atoms with Crippen LogP contribution in [0.3, 0.4) is 0 Å². The SMILES string of the molecule is CC1(C)CN(c2cc(NN)nc(N)n2)CC(CO)O1. The molecule has 6 N–H and O–H groups in total. The lowest BCUT2D eigenvalue weighted by Crippen LogP contribution is -2.54. The fourth-order valence-electron chi connectivity index (χ4n) is 2.25. The second-order valence-corrected chi connectivity index (χ2v) is 5.18. The van der Waals surface area contributed by atoms with Crippen molar-refractivity contribution in [2.45, 2.75) is 25.6 Å². The van der Waals surface area contributed by atoms with Gasteiger partial charge in [0.25, 0.3) is 0 Å². The standard InChI is InChI=1S/C11H20N6O2/c1-11(2)6-17(4-7(5-18)19-11)9-3-8(16-13)14-10(12)15-9/h3,7,18H,4-6,13H2,1-2H3,(H3,12,14,15,16). The number of nitrogens with one attached hydrogen (secondary N) is 1. The van der Waals surface area contributed by atoms with Crippen LogP contribution < -0.4 is 21.9 Å². The number of nitrogens with two attached hydrogens (primary N) is 2. The number of aliphatic hydroxyl groups excluding tert-OH is 1. The normalized spacial score (nSPS) is 22.3. The first-order chi connectivity index (χ1) is 8.93. The Morgan fingerprint density at radius 2 is 2.32 bits per heavy atom. The highest BCUT2D eigenvalue weighted by Gasteiger charge is 2.33. The first kappa shape index (κ1) is 13.8. The van der Waals surface area contributed by atoms with Gasteiger partial charge in [0.05, 0.1) is 18.3 Å². The largest absolute Gasteiger partial charge is 0.394 e. The van der Waals surface area contributed by atoms with Crippen molar-refractivity contribution in [2.75, 3.05) is 35.8 Å². The van der Waals surface area contributed by atoms with Crippen LogP contribution in [0.4, 0.5) is 17.6 Å². The average Bonchev–Trinajstić information content (AvgIpc) is 2.36. The van der Waals surface area contributed by atoms with Crippen molar-refractivity contribution in [3.05, 3.63) is 6.07 Å². The smallest absolute Gasteiger partial charge is 0.223 e. The van der Waals surface area contributed by atoms with E-state index in [0.29, 0.717) is 24.7 Å². The fraction of sp³-hybridized carbons (Fsp3) is 0.636. The Balaban J connectivity index is 2.27. The van der Waals surface area contributed by atoms with Crippen molar-refractivity contribution < 1.29 is 9.84 Å². The Morgan fingerprint density at radius 1 is 1.58 bits per heavy atom. The van der Waals surface area contributed by atoms with Gasteiger partial charge < -0.3 is 25.9 Å². The number of morpholine rings is 1. The van der Waals surface area contributed by atoms with Crippen molar-refractivity contribution in [2.24, 2.45) is 5.84 Å². The highest BCUT2D eigenvalue weighted by molar-refractivity contribution is 5.52. The van der Waals surface area contributed by atoms with Gasteiger partial charge in [-0.25, -0.2) is 5.84 Å². The van der Waals surface area contributed by atoms with Gasteiger partial charge in [0.2, 0.25) is 5.95 Å². The Morgan fingerprint density at radius 3 is 2.95 bits per heavy atom. The van der Waals surface area contributed by atoms with E-state index in [9.17, 15) is 5.11 Å². The molecular formula is C11H20N6O2. The zero-order chi connectivity index (χ0) is 14.0. The van der Waals surface area contributed by atoms with E-state index in [-0.39, 0.29) is 24.3 Å². The van der Waals surface area contributed by atoms with Crippen LogP contribution in [0.25, 0.3) is 0 Å². The second kappa shape index (κ2) is 5.16. The number of rotatable bonds is 3. The summed E-state index contributed by atoms with van der Waals surface area (Å²) >= 11 is 0. The maximum Gasteiger partial charge on any atom is 0.223 e. The van der Waals surface area contributed by atoms with E-state index in [4.69, 9.17) is 16.3 Å². The summed E-state index contributed by atoms with van der Waals surface area (Å²) in [5.74, 6) is 6.61. The number of ether oxygens (including phenoxy) is 1. The first-order valence-electron chi connectivity index (χ1n) is 6.08. The molecule has 2 heterocycles. The molecular weight excluding hydrogens is 248 g/mol. The molecule has 1 fully saturated rings. The van der Waals surface area contributed by atoms with E-state index in [2.05, 4.69) is 15.4 Å². The van der Waals surface area contributed by atoms with E-state index in [1.165, 1.54) is 0 Å². The maximum atomic E-state index is 9.30. The zero-order valence-electron chi connectivity index (χ0n) is 11.1. The van der Waals surface area contributed by atoms with Gasteiger partial charge in [0.15, 0.2) is 0 Å². The van der Waals surface area contributed by atoms with Crippen LogP contribution in [-0.2, 0) is 4.74 Å². The van der Waals surface area contributed by atoms with Crippen LogP contribution in [0, 0.1) is 0 Å². The summed E-state index contributed by atoms with van der Waals surface area (Å²) in [6, 6.07) is 1.71. The number of hydrazine groups is 1. The summed E-state index contributed by atoms with van der Waals surface area (Å²) in [5.41, 5.74) is 7.73. The van der Waals surface area contributed by atoms with Gasteiger partial charge >= 0.3 is 0 Å². The van der Waals surface area contributed by atoms with E-state index >= 15 is 0 Å². The molecule has 1 atom stereocenters. The van der Waals surface area contributed by atoms with E-state index < -0.39 is 0 Å². The number of nitrogen functional groups attached to an aromatic ring is 2. The van der Waals surface area contributed by atoms with Gasteiger partial charge in [-0.3, -0.25) is 0 Å². The molecule has 1 aliphatic heterocycles. The summed E-state index contributed by atoms with van der Waals surface area (Å²) in [6.45, 7) is 5.08. The molecule has 0 radical (unpaired) electrons. The third kappa shape index (κ3) is 3.22. The molecule has 8 nitrogen and oxygen atoms in total. The summed E-state index contributed by atoms with van der Waals surface area (Å²) in [6.07, 6.45) is -0.255. The van der Waals surface area contributed by atoms with Crippen LogP contribution in [0.15, 0.2) is 6.07 Å². The molecule has 0 aromatic carbocycles. The first-order valence-corrected chi connectivity index (χ1v) is 6.08. The van der Waals surface area contributed by atoms with Gasteiger partial charge in [-0.05, 0) is 13.8 Å². The minimum absolute atomic E-state index is 0.0392. The van der Waals surface area contributed by atoms with Crippen molar-refractivity contribution >= 4 is 17.6 Å². The zero-order valence-corrected chi connectivity index (χ0v) is 11.1. The molecule has 0 aliphatic carbocycles. The molecule has 1 unspecified atom stereocenters. The summed E-state index contributed by atoms with van der Waals surface area (Å²) in [4.78, 5) is 10.1. The predicted molar refractivity (Wildman–Crippen MR) is 72.5 cm³/mol. The lowest BCUT2D eigenvalue weighted by Gasteiger charge is -2.42.